The van der Waals surface area contributed by atoms with E-state index >= 15 is 0 Å². The number of carbonyl (C=O) groups is 2. The molecule has 1 aromatic carbocycles. The average molecular weight is 408 g/mol. The number of hydrazine groups is 1. The molecule has 6 heteroatoms. The molecule has 158 valence electrons. The molecule has 4 fully saturated rings. The van der Waals surface area contributed by atoms with Crippen LogP contribution in [-0.2, 0) is 16.0 Å². The maximum absolute atomic E-state index is 12.9. The zero-order valence-corrected chi connectivity index (χ0v) is 17.4. The van der Waals surface area contributed by atoms with Crippen LogP contribution in [0.4, 0.5) is 0 Å². The summed E-state index contributed by atoms with van der Waals surface area (Å²) in [6, 6.07) is 8.04. The van der Waals surface area contributed by atoms with E-state index in [1.807, 2.05) is 31.2 Å². The van der Waals surface area contributed by atoms with Gasteiger partial charge in [0, 0.05) is 18.4 Å². The van der Waals surface area contributed by atoms with E-state index in [1.54, 1.807) is 6.20 Å². The Morgan fingerprint density at radius 2 is 1.67 bits per heavy atom. The summed E-state index contributed by atoms with van der Waals surface area (Å²) in [6.45, 7) is 2.04. The minimum atomic E-state index is -0.256. The van der Waals surface area contributed by atoms with Gasteiger partial charge in [-0.3, -0.25) is 20.4 Å². The molecule has 4 bridgehead atoms. The second-order valence-corrected chi connectivity index (χ2v) is 9.68. The normalized spacial score (nSPS) is 29.0. The van der Waals surface area contributed by atoms with Gasteiger partial charge in [-0.25, -0.2) is 4.98 Å². The third kappa shape index (κ3) is 3.75. The number of nitrogens with zero attached hydrogens (tertiary/aromatic N) is 1. The zero-order valence-electron chi connectivity index (χ0n) is 17.4. The Morgan fingerprint density at radius 1 is 1.03 bits per heavy atom. The number of hydrogen-bond donors (Lipinski definition) is 2. The van der Waals surface area contributed by atoms with Gasteiger partial charge < -0.3 is 4.42 Å². The van der Waals surface area contributed by atoms with Crippen molar-refractivity contribution in [2.75, 3.05) is 0 Å². The molecule has 1 aromatic heterocycles. The summed E-state index contributed by atoms with van der Waals surface area (Å²) >= 11 is 0. The van der Waals surface area contributed by atoms with Crippen LogP contribution < -0.4 is 10.9 Å². The number of hydrogen-bond acceptors (Lipinski definition) is 4. The molecule has 0 atom stereocenters. The van der Waals surface area contributed by atoms with Gasteiger partial charge in [-0.05, 0) is 63.2 Å². The lowest BCUT2D eigenvalue weighted by Crippen LogP contribution is -2.56. The summed E-state index contributed by atoms with van der Waals surface area (Å²) in [5.41, 5.74) is 7.23. The molecule has 6 rings (SSSR count). The van der Waals surface area contributed by atoms with E-state index in [0.29, 0.717) is 35.8 Å². The van der Waals surface area contributed by atoms with Crippen LogP contribution >= 0.6 is 0 Å². The van der Waals surface area contributed by atoms with Crippen molar-refractivity contribution in [3.8, 4) is 11.3 Å². The standard InChI is InChI=1S/C24H29N3O3/c1-15-2-4-19(5-3-15)20-14-25-22(30-20)7-6-21(28)26-27-23(29)24-11-16-8-17(12-24)10-18(9-16)13-24/h2-5,14,16-18H,6-13H2,1H3,(H,26,28)(H,27,29). The molecular weight excluding hydrogens is 378 g/mol. The van der Waals surface area contributed by atoms with Crippen molar-refractivity contribution in [3.05, 3.63) is 41.9 Å². The van der Waals surface area contributed by atoms with Gasteiger partial charge in [-0.15, -0.1) is 0 Å². The van der Waals surface area contributed by atoms with E-state index in [1.165, 1.54) is 24.8 Å². The number of amides is 2. The molecule has 4 aliphatic rings. The van der Waals surface area contributed by atoms with Crippen molar-refractivity contribution in [1.29, 1.82) is 0 Å². The quantitative estimate of drug-likeness (QED) is 0.735. The van der Waals surface area contributed by atoms with Crippen LogP contribution in [0.15, 0.2) is 34.9 Å². The number of rotatable bonds is 5. The summed E-state index contributed by atoms with van der Waals surface area (Å²) in [7, 11) is 0. The maximum Gasteiger partial charge on any atom is 0.244 e. The predicted octanol–water partition coefficient (Wildman–Crippen LogP) is 3.95. The molecule has 0 spiro atoms. The van der Waals surface area contributed by atoms with E-state index in [4.69, 9.17) is 4.42 Å². The first-order valence-corrected chi connectivity index (χ1v) is 11.1. The van der Waals surface area contributed by atoms with Gasteiger partial charge in [0.25, 0.3) is 0 Å². The van der Waals surface area contributed by atoms with Crippen molar-refractivity contribution in [3.63, 3.8) is 0 Å². The Bertz CT molecular complexity index is 912. The fraction of sp³-hybridized carbons (Fsp3) is 0.542. The molecule has 1 heterocycles. The molecule has 4 saturated carbocycles. The van der Waals surface area contributed by atoms with E-state index in [0.717, 1.165) is 24.8 Å². The van der Waals surface area contributed by atoms with Crippen LogP contribution in [-0.4, -0.2) is 16.8 Å². The third-order valence-electron chi connectivity index (χ3n) is 7.29. The van der Waals surface area contributed by atoms with Crippen LogP contribution in [0.1, 0.15) is 56.4 Å². The smallest absolute Gasteiger partial charge is 0.244 e. The Kier molecular flexibility index (Phi) is 4.88. The molecule has 0 radical (unpaired) electrons. The summed E-state index contributed by atoms with van der Waals surface area (Å²) in [6.07, 6.45) is 9.13. The number of oxazole rings is 1. The van der Waals surface area contributed by atoms with Crippen molar-refractivity contribution in [2.24, 2.45) is 23.2 Å². The zero-order chi connectivity index (χ0) is 20.7. The molecule has 6 nitrogen and oxygen atoms in total. The average Bonchev–Trinajstić information content (AvgIpc) is 3.19. The molecule has 0 unspecified atom stereocenters. The Morgan fingerprint density at radius 3 is 2.30 bits per heavy atom. The van der Waals surface area contributed by atoms with Gasteiger partial charge in [-0.2, -0.15) is 0 Å². The number of aromatic nitrogens is 1. The van der Waals surface area contributed by atoms with Crippen molar-refractivity contribution >= 4 is 11.8 Å². The van der Waals surface area contributed by atoms with Gasteiger partial charge >= 0.3 is 0 Å². The Labute approximate surface area is 176 Å². The van der Waals surface area contributed by atoms with Gasteiger partial charge in [0.05, 0.1) is 11.6 Å². The highest BCUT2D eigenvalue weighted by Gasteiger charge is 2.54. The van der Waals surface area contributed by atoms with Gasteiger partial charge in [0.1, 0.15) is 0 Å². The number of carbonyl (C=O) groups excluding carboxylic acids is 2. The first kappa shape index (κ1) is 19.3. The van der Waals surface area contributed by atoms with E-state index < -0.39 is 0 Å². The second kappa shape index (κ2) is 7.56. The predicted molar refractivity (Wildman–Crippen MR) is 112 cm³/mol. The first-order chi connectivity index (χ1) is 14.5. The monoisotopic (exact) mass is 407 g/mol. The Hall–Kier alpha value is -2.63. The van der Waals surface area contributed by atoms with Crippen molar-refractivity contribution in [2.45, 2.75) is 58.3 Å². The molecule has 0 aliphatic heterocycles. The van der Waals surface area contributed by atoms with E-state index in [2.05, 4.69) is 15.8 Å². The molecule has 0 saturated heterocycles. The molecule has 2 N–H and O–H groups in total. The molecule has 2 amide bonds. The number of benzene rings is 1. The highest BCUT2D eigenvalue weighted by Crippen LogP contribution is 2.60. The lowest BCUT2D eigenvalue weighted by atomic mass is 9.49. The van der Waals surface area contributed by atoms with Crippen LogP contribution in [0.2, 0.25) is 0 Å². The SMILES string of the molecule is Cc1ccc(-c2cnc(CCC(=O)NNC(=O)C34CC5CC(CC(C5)C3)C4)o2)cc1. The van der Waals surface area contributed by atoms with E-state index in [9.17, 15) is 9.59 Å². The molecule has 2 aromatic rings. The topological polar surface area (TPSA) is 84.2 Å². The second-order valence-electron chi connectivity index (χ2n) is 9.68. The minimum absolute atomic E-state index is 0.00716. The fourth-order valence-electron chi connectivity index (χ4n) is 6.21. The van der Waals surface area contributed by atoms with Crippen LogP contribution in [0.25, 0.3) is 11.3 Å². The third-order valence-corrected chi connectivity index (χ3v) is 7.29. The summed E-state index contributed by atoms with van der Waals surface area (Å²) < 4.78 is 5.77. The molecule has 30 heavy (non-hydrogen) atoms. The molecule has 4 aliphatic carbocycles. The molecular formula is C24H29N3O3. The lowest BCUT2D eigenvalue weighted by molar-refractivity contribution is -0.148. The van der Waals surface area contributed by atoms with Crippen LogP contribution in [0.3, 0.4) is 0 Å². The Balaban J connectivity index is 1.11. The van der Waals surface area contributed by atoms with Crippen molar-refractivity contribution < 1.29 is 14.0 Å². The fourth-order valence-corrected chi connectivity index (χ4v) is 6.21. The summed E-state index contributed by atoms with van der Waals surface area (Å²) in [5.74, 6) is 3.10. The highest BCUT2D eigenvalue weighted by atomic mass is 16.4. The number of nitrogens with one attached hydrogen (secondary N) is 2. The van der Waals surface area contributed by atoms with Crippen LogP contribution in [0.5, 0.6) is 0 Å². The maximum atomic E-state index is 12.9. The largest absolute Gasteiger partial charge is 0.441 e. The van der Waals surface area contributed by atoms with Crippen LogP contribution in [0, 0.1) is 30.1 Å². The first-order valence-electron chi connectivity index (χ1n) is 11.1. The summed E-state index contributed by atoms with van der Waals surface area (Å²) in [4.78, 5) is 29.4. The van der Waals surface area contributed by atoms with Gasteiger partial charge in [0.2, 0.25) is 11.8 Å². The van der Waals surface area contributed by atoms with Gasteiger partial charge in [0.15, 0.2) is 11.7 Å². The van der Waals surface area contributed by atoms with E-state index in [-0.39, 0.29) is 23.7 Å². The number of aryl methyl sites for hydroxylation is 2. The van der Waals surface area contributed by atoms with Gasteiger partial charge in [-0.1, -0.05) is 29.8 Å². The highest BCUT2D eigenvalue weighted by molar-refractivity contribution is 5.86. The lowest BCUT2D eigenvalue weighted by Gasteiger charge is -2.55. The minimum Gasteiger partial charge on any atom is -0.441 e. The van der Waals surface area contributed by atoms with Crippen molar-refractivity contribution in [1.82, 2.24) is 15.8 Å². The summed E-state index contributed by atoms with van der Waals surface area (Å²) in [5, 5.41) is 0.